The first-order valence-corrected chi connectivity index (χ1v) is 7.69. The molecule has 0 fully saturated rings. The van der Waals surface area contributed by atoms with Gasteiger partial charge < -0.3 is 10.8 Å². The Morgan fingerprint density at radius 3 is 1.64 bits per heavy atom. The van der Waals surface area contributed by atoms with Crippen LogP contribution < -0.4 is 5.73 Å². The lowest BCUT2D eigenvalue weighted by Crippen LogP contribution is -2.04. The van der Waals surface area contributed by atoms with Crippen LogP contribution in [0.4, 0.5) is 5.69 Å². The van der Waals surface area contributed by atoms with Crippen molar-refractivity contribution in [3.63, 3.8) is 0 Å². The van der Waals surface area contributed by atoms with Crippen molar-refractivity contribution in [3.8, 4) is 0 Å². The molecule has 0 heterocycles. The minimum absolute atomic E-state index is 0.0923. The highest BCUT2D eigenvalue weighted by molar-refractivity contribution is 14.1. The van der Waals surface area contributed by atoms with E-state index in [1.807, 2.05) is 0 Å². The maximum Gasteiger partial charge on any atom is 0.117 e. The van der Waals surface area contributed by atoms with E-state index in [1.54, 1.807) is 0 Å². The molecule has 2 nitrogen and oxygen atoms in total. The summed E-state index contributed by atoms with van der Waals surface area (Å²) in [4.78, 5) is 0. The molecule has 1 rings (SSSR count). The van der Waals surface area contributed by atoms with Crippen LogP contribution in [-0.4, -0.2) is 5.11 Å². The van der Waals surface area contributed by atoms with Crippen LogP contribution in [0.1, 0.15) is 5.56 Å². The molecule has 1 aromatic rings. The Morgan fingerprint density at radius 2 is 1.36 bits per heavy atom. The fraction of sp³-hybridized carbons (Fsp3) is 0. The van der Waals surface area contributed by atoms with Crippen molar-refractivity contribution in [1.82, 2.24) is 0 Å². The molecule has 0 aliphatic carbocycles. The van der Waals surface area contributed by atoms with E-state index in [0.717, 1.165) is 25.5 Å². The Bertz CT molecular complexity index is 387. The third-order valence-corrected chi connectivity index (χ3v) is 8.05. The maximum absolute atomic E-state index is 9.47. The molecule has 0 aromatic heterocycles. The largest absolute Gasteiger partial charge is 0.508 e. The number of hydrogen-bond donors (Lipinski definition) is 2. The molecular weight excluding hydrogens is 634 g/mol. The molecule has 3 N–H and O–H groups in total. The second-order valence-corrected chi connectivity index (χ2v) is 6.81. The van der Waals surface area contributed by atoms with E-state index >= 15 is 0 Å². The topological polar surface area (TPSA) is 46.2 Å². The third kappa shape index (κ3) is 2.42. The minimum Gasteiger partial charge on any atom is -0.508 e. The Balaban J connectivity index is 3.68. The molecular formula is C8H5I4NO. The Labute approximate surface area is 137 Å². The molecule has 0 spiro atoms. The summed E-state index contributed by atoms with van der Waals surface area (Å²) in [5, 5.41) is 9.47. The van der Waals surface area contributed by atoms with Gasteiger partial charge in [-0.15, -0.1) is 0 Å². The van der Waals surface area contributed by atoms with E-state index in [4.69, 9.17) is 5.73 Å². The Morgan fingerprint density at radius 1 is 1.00 bits per heavy atom. The molecule has 0 bridgehead atoms. The highest BCUT2D eigenvalue weighted by Crippen LogP contribution is 2.36. The van der Waals surface area contributed by atoms with Gasteiger partial charge in [-0.1, -0.05) is 6.58 Å². The SMILES string of the molecule is C=C(O)c1c(I)c(I)c(N)c(I)c1I. The second-order valence-electron chi connectivity index (χ2n) is 2.49. The van der Waals surface area contributed by atoms with Gasteiger partial charge in [0.2, 0.25) is 0 Å². The maximum atomic E-state index is 9.47. The van der Waals surface area contributed by atoms with Crippen molar-refractivity contribution >= 4 is 102 Å². The van der Waals surface area contributed by atoms with Gasteiger partial charge in [-0.05, 0) is 90.4 Å². The lowest BCUT2D eigenvalue weighted by atomic mass is 10.2. The average molecular weight is 639 g/mol. The molecule has 14 heavy (non-hydrogen) atoms. The summed E-state index contributed by atoms with van der Waals surface area (Å²) in [6.07, 6.45) is 0. The van der Waals surface area contributed by atoms with E-state index in [-0.39, 0.29) is 5.76 Å². The van der Waals surface area contributed by atoms with Gasteiger partial charge in [0, 0.05) is 12.7 Å². The van der Waals surface area contributed by atoms with Crippen LogP contribution in [0.15, 0.2) is 6.58 Å². The highest BCUT2D eigenvalue weighted by atomic mass is 127. The summed E-state index contributed by atoms with van der Waals surface area (Å²) >= 11 is 8.70. The molecule has 0 saturated heterocycles. The van der Waals surface area contributed by atoms with Crippen molar-refractivity contribution in [2.45, 2.75) is 0 Å². The molecule has 0 aliphatic heterocycles. The normalized spacial score (nSPS) is 10.3. The van der Waals surface area contributed by atoms with E-state index in [2.05, 4.69) is 96.9 Å². The molecule has 76 valence electrons. The van der Waals surface area contributed by atoms with Crippen molar-refractivity contribution in [3.05, 3.63) is 26.4 Å². The van der Waals surface area contributed by atoms with Gasteiger partial charge in [0.05, 0.1) is 12.8 Å². The second kappa shape index (κ2) is 5.21. The zero-order valence-corrected chi connectivity index (χ0v) is 15.4. The van der Waals surface area contributed by atoms with E-state index in [0.29, 0.717) is 0 Å². The summed E-state index contributed by atoms with van der Waals surface area (Å²) in [5.74, 6) is 0.0923. The highest BCUT2D eigenvalue weighted by Gasteiger charge is 2.18. The van der Waals surface area contributed by atoms with Gasteiger partial charge in [-0.25, -0.2) is 0 Å². The monoisotopic (exact) mass is 639 g/mol. The molecule has 6 heteroatoms. The number of aliphatic hydroxyl groups excluding tert-OH is 1. The first-order valence-electron chi connectivity index (χ1n) is 3.37. The molecule has 1 aromatic carbocycles. The summed E-state index contributed by atoms with van der Waals surface area (Å²) in [5.41, 5.74) is 7.47. The van der Waals surface area contributed by atoms with E-state index < -0.39 is 0 Å². The van der Waals surface area contributed by atoms with E-state index in [9.17, 15) is 5.11 Å². The molecule has 0 unspecified atom stereocenters. The van der Waals surface area contributed by atoms with Gasteiger partial charge in [0.1, 0.15) is 5.76 Å². The van der Waals surface area contributed by atoms with Gasteiger partial charge >= 0.3 is 0 Å². The number of nitrogen functional groups attached to an aromatic ring is 1. The van der Waals surface area contributed by atoms with Crippen LogP contribution in [-0.2, 0) is 0 Å². The number of nitrogens with two attached hydrogens (primary N) is 1. The average Bonchev–Trinajstić information content (AvgIpc) is 2.11. The van der Waals surface area contributed by atoms with Gasteiger partial charge in [0.25, 0.3) is 0 Å². The smallest absolute Gasteiger partial charge is 0.117 e. The van der Waals surface area contributed by atoms with E-state index in [1.165, 1.54) is 0 Å². The van der Waals surface area contributed by atoms with Crippen molar-refractivity contribution in [2.75, 3.05) is 5.73 Å². The van der Waals surface area contributed by atoms with Crippen LogP contribution in [0.2, 0.25) is 0 Å². The Hall–Kier alpha value is 1.48. The third-order valence-electron chi connectivity index (χ3n) is 1.59. The van der Waals surface area contributed by atoms with Crippen LogP contribution in [0.3, 0.4) is 0 Å². The van der Waals surface area contributed by atoms with Crippen LogP contribution in [0.25, 0.3) is 5.76 Å². The quantitative estimate of drug-likeness (QED) is 0.210. The number of aliphatic hydroxyl groups is 1. The van der Waals surface area contributed by atoms with Crippen LogP contribution in [0, 0.1) is 14.3 Å². The molecule has 0 saturated carbocycles. The predicted molar refractivity (Wildman–Crippen MR) is 93.4 cm³/mol. The van der Waals surface area contributed by atoms with Crippen LogP contribution >= 0.6 is 90.4 Å². The number of halogens is 4. The summed E-state index contributed by atoms with van der Waals surface area (Å²) in [6, 6.07) is 0. The number of rotatable bonds is 1. The minimum atomic E-state index is 0.0923. The summed E-state index contributed by atoms with van der Waals surface area (Å²) in [7, 11) is 0. The number of hydrogen-bond acceptors (Lipinski definition) is 2. The molecule has 0 aliphatic rings. The standard InChI is InChI=1S/C8H5I4NO/c1-2(14)3-4(9)6(11)8(13)7(12)5(3)10/h14H,1,13H2. The molecule has 0 atom stereocenters. The lowest BCUT2D eigenvalue weighted by Gasteiger charge is -2.12. The Kier molecular flexibility index (Phi) is 5.04. The van der Waals surface area contributed by atoms with Crippen molar-refractivity contribution in [2.24, 2.45) is 0 Å². The van der Waals surface area contributed by atoms with Crippen molar-refractivity contribution in [1.29, 1.82) is 0 Å². The first-order chi connectivity index (χ1) is 6.37. The first kappa shape index (κ1) is 13.5. The summed E-state index contributed by atoms with van der Waals surface area (Å²) < 4.78 is 3.85. The zero-order chi connectivity index (χ0) is 11.0. The van der Waals surface area contributed by atoms with Gasteiger partial charge in [0.15, 0.2) is 0 Å². The van der Waals surface area contributed by atoms with Gasteiger partial charge in [-0.2, -0.15) is 0 Å². The van der Waals surface area contributed by atoms with Crippen LogP contribution in [0.5, 0.6) is 0 Å². The molecule has 0 radical (unpaired) electrons. The fourth-order valence-corrected chi connectivity index (χ4v) is 4.76. The predicted octanol–water partition coefficient (Wildman–Crippen LogP) is 4.22. The lowest BCUT2D eigenvalue weighted by molar-refractivity contribution is 0.512. The number of benzene rings is 1. The number of anilines is 1. The van der Waals surface area contributed by atoms with Crippen molar-refractivity contribution < 1.29 is 5.11 Å². The fourth-order valence-electron chi connectivity index (χ4n) is 0.902. The molecule has 0 amide bonds. The zero-order valence-electron chi connectivity index (χ0n) is 6.74. The summed E-state index contributed by atoms with van der Waals surface area (Å²) in [6.45, 7) is 3.56. The van der Waals surface area contributed by atoms with Gasteiger partial charge in [-0.3, -0.25) is 0 Å².